The van der Waals surface area contributed by atoms with Gasteiger partial charge in [0.25, 0.3) is 0 Å². The average molecular weight is 249 g/mol. The quantitative estimate of drug-likeness (QED) is 0.893. The number of rotatable bonds is 3. The van der Waals surface area contributed by atoms with E-state index in [0.717, 1.165) is 0 Å². The summed E-state index contributed by atoms with van der Waals surface area (Å²) in [7, 11) is 0. The van der Waals surface area contributed by atoms with Gasteiger partial charge >= 0.3 is 12.1 Å². The number of benzene rings is 1. The number of carbonyl (C=O) groups excluding carboxylic acids is 1. The first-order valence-electron chi connectivity index (χ1n) is 5.80. The van der Waals surface area contributed by atoms with Crippen molar-refractivity contribution < 1.29 is 19.4 Å². The molecule has 1 atom stereocenters. The summed E-state index contributed by atoms with van der Waals surface area (Å²) in [5.74, 6) is -0.707. The van der Waals surface area contributed by atoms with Gasteiger partial charge in [0.05, 0.1) is 11.6 Å². The van der Waals surface area contributed by atoms with Crippen molar-refractivity contribution in [3.8, 4) is 0 Å². The van der Waals surface area contributed by atoms with E-state index in [0.29, 0.717) is 12.3 Å². The number of carbonyl (C=O) groups is 2. The summed E-state index contributed by atoms with van der Waals surface area (Å²) in [6.45, 7) is 4.41. The van der Waals surface area contributed by atoms with Gasteiger partial charge < -0.3 is 9.84 Å². The summed E-state index contributed by atoms with van der Waals surface area (Å²) in [5, 5.41) is 8.83. The number of amides is 1. The summed E-state index contributed by atoms with van der Waals surface area (Å²) in [6.07, 6.45) is -0.378. The van der Waals surface area contributed by atoms with Crippen LogP contribution in [0.5, 0.6) is 0 Å². The molecule has 0 spiro atoms. The van der Waals surface area contributed by atoms with Crippen LogP contribution < -0.4 is 4.90 Å². The summed E-state index contributed by atoms with van der Waals surface area (Å²) in [5.41, 5.74) is 0.869. The van der Waals surface area contributed by atoms with E-state index in [4.69, 9.17) is 9.84 Å². The zero-order valence-electron chi connectivity index (χ0n) is 10.3. The monoisotopic (exact) mass is 249 g/mol. The molecule has 18 heavy (non-hydrogen) atoms. The van der Waals surface area contributed by atoms with Gasteiger partial charge in [0, 0.05) is 5.69 Å². The van der Waals surface area contributed by atoms with Gasteiger partial charge in [-0.05, 0) is 30.2 Å². The molecule has 0 radical (unpaired) electrons. The number of carboxylic acid groups (broad SMARTS) is 1. The smallest absolute Gasteiger partial charge is 0.414 e. The predicted octanol–water partition coefficient (Wildman–Crippen LogP) is 2.37. The molecule has 1 aromatic carbocycles. The third kappa shape index (κ3) is 2.16. The van der Waals surface area contributed by atoms with Crippen molar-refractivity contribution in [3.63, 3.8) is 0 Å². The van der Waals surface area contributed by atoms with Gasteiger partial charge in [-0.25, -0.2) is 9.59 Å². The molecule has 0 bridgehead atoms. The molecule has 0 saturated carbocycles. The van der Waals surface area contributed by atoms with Crippen molar-refractivity contribution in [2.45, 2.75) is 19.9 Å². The normalized spacial score (nSPS) is 19.2. The molecule has 1 aliphatic rings. The molecule has 2 rings (SSSR count). The Morgan fingerprint density at radius 3 is 2.50 bits per heavy atom. The number of aromatic carboxylic acids is 1. The van der Waals surface area contributed by atoms with Crippen LogP contribution in [0.4, 0.5) is 10.5 Å². The van der Waals surface area contributed by atoms with Gasteiger partial charge in [-0.2, -0.15) is 0 Å². The topological polar surface area (TPSA) is 66.8 Å². The molecule has 0 aromatic heterocycles. The second-order valence-electron chi connectivity index (χ2n) is 4.61. The molecule has 5 nitrogen and oxygen atoms in total. The van der Waals surface area contributed by atoms with Crippen LogP contribution >= 0.6 is 0 Å². The van der Waals surface area contributed by atoms with E-state index in [1.54, 1.807) is 17.0 Å². The molecule has 1 amide bonds. The summed E-state index contributed by atoms with van der Waals surface area (Å²) < 4.78 is 5.04. The highest BCUT2D eigenvalue weighted by molar-refractivity contribution is 5.92. The number of ether oxygens (including phenoxy) is 1. The predicted molar refractivity (Wildman–Crippen MR) is 65.9 cm³/mol. The van der Waals surface area contributed by atoms with Crippen molar-refractivity contribution in [3.05, 3.63) is 29.8 Å². The van der Waals surface area contributed by atoms with E-state index >= 15 is 0 Å². The van der Waals surface area contributed by atoms with E-state index in [1.165, 1.54) is 12.1 Å². The Bertz CT molecular complexity index is 466. The number of anilines is 1. The van der Waals surface area contributed by atoms with Crippen LogP contribution in [0.2, 0.25) is 0 Å². The zero-order chi connectivity index (χ0) is 13.3. The maximum Gasteiger partial charge on any atom is 0.414 e. The Hall–Kier alpha value is -2.04. The summed E-state index contributed by atoms with van der Waals surface area (Å²) in [4.78, 5) is 24.0. The van der Waals surface area contributed by atoms with Crippen LogP contribution in [0.25, 0.3) is 0 Å². The second-order valence-corrected chi connectivity index (χ2v) is 4.61. The molecular formula is C13H15NO4. The van der Waals surface area contributed by atoms with Crippen LogP contribution in [-0.4, -0.2) is 29.8 Å². The van der Waals surface area contributed by atoms with Gasteiger partial charge in [0.2, 0.25) is 0 Å². The lowest BCUT2D eigenvalue weighted by molar-refractivity contribution is 0.0697. The Morgan fingerprint density at radius 2 is 2.00 bits per heavy atom. The number of hydrogen-bond donors (Lipinski definition) is 1. The summed E-state index contributed by atoms with van der Waals surface area (Å²) in [6, 6.07) is 6.23. The van der Waals surface area contributed by atoms with Crippen LogP contribution in [0.1, 0.15) is 24.2 Å². The highest BCUT2D eigenvalue weighted by Crippen LogP contribution is 2.27. The Labute approximate surface area is 105 Å². The van der Waals surface area contributed by atoms with E-state index in [1.807, 2.05) is 13.8 Å². The fourth-order valence-electron chi connectivity index (χ4n) is 1.99. The van der Waals surface area contributed by atoms with Gasteiger partial charge in [0.1, 0.15) is 6.61 Å². The standard InChI is InChI=1S/C13H15NO4/c1-8(2)11-7-18-13(17)14(11)10-5-3-9(4-6-10)12(15)16/h3-6,8,11H,7H2,1-2H3,(H,15,16). The molecule has 1 N–H and O–H groups in total. The fourth-order valence-corrected chi connectivity index (χ4v) is 1.99. The van der Waals surface area contributed by atoms with Crippen LogP contribution in [-0.2, 0) is 4.74 Å². The van der Waals surface area contributed by atoms with Crippen LogP contribution in [0, 0.1) is 5.92 Å². The number of cyclic esters (lactones) is 1. The highest BCUT2D eigenvalue weighted by Gasteiger charge is 2.35. The minimum Gasteiger partial charge on any atom is -0.478 e. The molecule has 1 aliphatic heterocycles. The number of nitrogens with zero attached hydrogens (tertiary/aromatic N) is 1. The van der Waals surface area contributed by atoms with Gasteiger partial charge in [-0.1, -0.05) is 13.8 Å². The molecule has 1 saturated heterocycles. The number of hydrogen-bond acceptors (Lipinski definition) is 3. The van der Waals surface area contributed by atoms with E-state index in [2.05, 4.69) is 0 Å². The lowest BCUT2D eigenvalue weighted by Gasteiger charge is -2.24. The van der Waals surface area contributed by atoms with Crippen molar-refractivity contribution in [2.24, 2.45) is 5.92 Å². The Kier molecular flexibility index (Phi) is 3.23. The van der Waals surface area contributed by atoms with Crippen molar-refractivity contribution in [1.29, 1.82) is 0 Å². The second kappa shape index (κ2) is 4.68. The van der Waals surface area contributed by atoms with Crippen molar-refractivity contribution in [2.75, 3.05) is 11.5 Å². The van der Waals surface area contributed by atoms with E-state index < -0.39 is 5.97 Å². The molecule has 1 heterocycles. The lowest BCUT2D eigenvalue weighted by atomic mass is 10.0. The zero-order valence-corrected chi connectivity index (χ0v) is 10.3. The van der Waals surface area contributed by atoms with Gasteiger partial charge in [-0.15, -0.1) is 0 Å². The fraction of sp³-hybridized carbons (Fsp3) is 0.385. The average Bonchev–Trinajstić information content (AvgIpc) is 2.71. The van der Waals surface area contributed by atoms with Crippen LogP contribution in [0.3, 0.4) is 0 Å². The third-order valence-electron chi connectivity index (χ3n) is 3.07. The molecule has 5 heteroatoms. The maximum absolute atomic E-state index is 11.7. The first-order chi connectivity index (χ1) is 8.50. The summed E-state index contributed by atoms with van der Waals surface area (Å²) >= 11 is 0. The first kappa shape index (κ1) is 12.4. The minimum atomic E-state index is -0.981. The van der Waals surface area contributed by atoms with Gasteiger partial charge in [0.15, 0.2) is 0 Å². The molecule has 96 valence electrons. The van der Waals surface area contributed by atoms with Crippen molar-refractivity contribution in [1.82, 2.24) is 0 Å². The molecule has 1 unspecified atom stereocenters. The SMILES string of the molecule is CC(C)C1COC(=O)N1c1ccc(C(=O)O)cc1. The molecule has 1 aromatic rings. The molecule has 0 aliphatic carbocycles. The third-order valence-corrected chi connectivity index (χ3v) is 3.07. The molecule has 1 fully saturated rings. The van der Waals surface area contributed by atoms with Crippen LogP contribution in [0.15, 0.2) is 24.3 Å². The van der Waals surface area contributed by atoms with Gasteiger partial charge in [-0.3, -0.25) is 4.90 Å². The number of carboxylic acids is 1. The lowest BCUT2D eigenvalue weighted by Crippen LogP contribution is -2.37. The van der Waals surface area contributed by atoms with Crippen molar-refractivity contribution >= 4 is 17.7 Å². The highest BCUT2D eigenvalue weighted by atomic mass is 16.6. The molecular weight excluding hydrogens is 234 g/mol. The largest absolute Gasteiger partial charge is 0.478 e. The van der Waals surface area contributed by atoms with E-state index in [-0.39, 0.29) is 23.6 Å². The van der Waals surface area contributed by atoms with E-state index in [9.17, 15) is 9.59 Å². The maximum atomic E-state index is 11.7. The minimum absolute atomic E-state index is 0.00632. The Morgan fingerprint density at radius 1 is 1.39 bits per heavy atom. The first-order valence-corrected chi connectivity index (χ1v) is 5.80. The Balaban J connectivity index is 2.29.